The van der Waals surface area contributed by atoms with Crippen LogP contribution >= 0.6 is 0 Å². The Bertz CT molecular complexity index is 167. The Kier molecular flexibility index (Phi) is 2.34. The molecule has 0 fully saturated rings. The maximum atomic E-state index is 2.22. The number of rotatable bonds is 1. The second-order valence-corrected chi connectivity index (χ2v) is 2.59. The van der Waals surface area contributed by atoms with Gasteiger partial charge in [0, 0.05) is 0 Å². The average Bonchev–Trinajstić information content (AvgIpc) is 1.90. The molecule has 0 bridgehead atoms. The third-order valence-corrected chi connectivity index (χ3v) is 2.16. The number of hydrogen-bond donors (Lipinski definition) is 0. The van der Waals surface area contributed by atoms with Crippen LogP contribution in [0.25, 0.3) is 0 Å². The summed E-state index contributed by atoms with van der Waals surface area (Å²) in [7, 11) is 0. The van der Waals surface area contributed by atoms with Crippen LogP contribution in [0.1, 0.15) is 5.56 Å². The fourth-order valence-electron chi connectivity index (χ4n) is 0.549. The molecule has 1 aromatic carbocycles. The van der Waals surface area contributed by atoms with Crippen molar-refractivity contribution in [2.75, 3.05) is 0 Å². The minimum absolute atomic E-state index is 1.15. The Morgan fingerprint density at radius 2 is 1.75 bits per heavy atom. The standard InChI is InChI=1S/C7H6.Hf/c1-7-5-3-2-4-6-7;/h1-6H;/q;+2. The fourth-order valence-corrected chi connectivity index (χ4v) is 1.24. The van der Waals surface area contributed by atoms with Gasteiger partial charge in [-0.15, -0.1) is 0 Å². The summed E-state index contributed by atoms with van der Waals surface area (Å²) in [5.41, 5.74) is 1.35. The van der Waals surface area contributed by atoms with Crippen molar-refractivity contribution in [3.05, 3.63) is 35.9 Å². The van der Waals surface area contributed by atoms with Crippen LogP contribution in [0.15, 0.2) is 30.3 Å². The van der Waals surface area contributed by atoms with Crippen molar-refractivity contribution in [1.82, 2.24) is 0 Å². The molecule has 1 heteroatoms. The van der Waals surface area contributed by atoms with Crippen molar-refractivity contribution in [1.29, 1.82) is 0 Å². The molecule has 0 aliphatic rings. The second-order valence-electron chi connectivity index (χ2n) is 1.56. The van der Waals surface area contributed by atoms with E-state index in [2.05, 4.69) is 28.0 Å². The first kappa shape index (κ1) is 6.09. The Morgan fingerprint density at radius 1 is 1.12 bits per heavy atom. The summed E-state index contributed by atoms with van der Waals surface area (Å²) in [6.07, 6.45) is 0. The van der Waals surface area contributed by atoms with Gasteiger partial charge in [0.25, 0.3) is 0 Å². The van der Waals surface area contributed by atoms with E-state index >= 15 is 0 Å². The first-order valence-corrected chi connectivity index (χ1v) is 4.56. The molecule has 0 aliphatic carbocycles. The normalized spacial score (nSPS) is 8.75. The van der Waals surface area contributed by atoms with E-state index in [-0.39, 0.29) is 0 Å². The van der Waals surface area contributed by atoms with E-state index in [0.29, 0.717) is 0 Å². The van der Waals surface area contributed by atoms with E-state index in [1.165, 1.54) is 5.56 Å². The molecule has 8 heavy (non-hydrogen) atoms. The van der Waals surface area contributed by atoms with Crippen LogP contribution in [-0.4, -0.2) is 3.76 Å². The quantitative estimate of drug-likeness (QED) is 0.675. The monoisotopic (exact) mass is 270 g/mol. The maximum absolute atomic E-state index is 2.22. The van der Waals surface area contributed by atoms with Crippen molar-refractivity contribution in [2.24, 2.45) is 0 Å². The van der Waals surface area contributed by atoms with Crippen LogP contribution in [0.4, 0.5) is 0 Å². The molecule has 0 N–H and O–H groups in total. The van der Waals surface area contributed by atoms with Gasteiger partial charge in [-0.25, -0.2) is 0 Å². The van der Waals surface area contributed by atoms with Crippen molar-refractivity contribution in [3.8, 4) is 0 Å². The summed E-state index contributed by atoms with van der Waals surface area (Å²) in [6.45, 7) is 0. The Morgan fingerprint density at radius 3 is 2.12 bits per heavy atom. The molecule has 1 aromatic rings. The van der Waals surface area contributed by atoms with E-state index < -0.39 is 0 Å². The van der Waals surface area contributed by atoms with E-state index in [1.807, 2.05) is 6.07 Å². The molecule has 0 saturated carbocycles. The molecule has 0 aliphatic heterocycles. The third kappa shape index (κ3) is 1.48. The van der Waals surface area contributed by atoms with E-state index in [0.717, 1.165) is 23.9 Å². The SMILES string of the molecule is [Hf+2]=[CH]c1ccccc1. The predicted octanol–water partition coefficient (Wildman–Crippen LogP) is 1.38. The van der Waals surface area contributed by atoms with Gasteiger partial charge in [-0.3, -0.25) is 0 Å². The van der Waals surface area contributed by atoms with Crippen LogP contribution in [0.5, 0.6) is 0 Å². The minimum atomic E-state index is 1.15. The van der Waals surface area contributed by atoms with Crippen molar-refractivity contribution >= 4 is 3.76 Å². The Balaban J connectivity index is 2.99. The zero-order chi connectivity index (χ0) is 5.82. The predicted molar refractivity (Wildman–Crippen MR) is 31.6 cm³/mol. The molecule has 0 unspecified atom stereocenters. The summed E-state index contributed by atoms with van der Waals surface area (Å²) < 4.78 is 2.22. The molecule has 0 aromatic heterocycles. The topological polar surface area (TPSA) is 0 Å². The zero-order valence-corrected chi connectivity index (χ0v) is 8.06. The van der Waals surface area contributed by atoms with Gasteiger partial charge < -0.3 is 0 Å². The Labute approximate surface area is 63.6 Å². The average molecular weight is 269 g/mol. The number of benzene rings is 1. The molecule has 36 valence electrons. The van der Waals surface area contributed by atoms with Crippen LogP contribution < -0.4 is 0 Å². The van der Waals surface area contributed by atoms with Crippen LogP contribution in [0.2, 0.25) is 0 Å². The first-order valence-electron chi connectivity index (χ1n) is 2.49. The summed E-state index contributed by atoms with van der Waals surface area (Å²) in [5, 5.41) is 0. The van der Waals surface area contributed by atoms with Gasteiger partial charge in [-0.1, -0.05) is 0 Å². The molecule has 0 saturated heterocycles. The van der Waals surface area contributed by atoms with Gasteiger partial charge in [-0.05, 0) is 0 Å². The van der Waals surface area contributed by atoms with Crippen molar-refractivity contribution < 1.29 is 23.9 Å². The fraction of sp³-hybridized carbons (Fsp3) is 0. The van der Waals surface area contributed by atoms with Crippen LogP contribution in [0, 0.1) is 0 Å². The molecular formula is C7H6Hf+2. The van der Waals surface area contributed by atoms with Gasteiger partial charge in [0.1, 0.15) is 0 Å². The molecule has 0 atom stereocenters. The zero-order valence-electron chi connectivity index (χ0n) is 4.46. The van der Waals surface area contributed by atoms with E-state index in [1.54, 1.807) is 0 Å². The van der Waals surface area contributed by atoms with Crippen molar-refractivity contribution in [3.63, 3.8) is 0 Å². The van der Waals surface area contributed by atoms with Crippen molar-refractivity contribution in [2.45, 2.75) is 0 Å². The molecule has 0 amide bonds. The summed E-state index contributed by atoms with van der Waals surface area (Å²) >= 11 is 1.15. The third-order valence-electron chi connectivity index (χ3n) is 0.966. The van der Waals surface area contributed by atoms with Gasteiger partial charge in [-0.2, -0.15) is 0 Å². The summed E-state index contributed by atoms with van der Waals surface area (Å²) in [5.74, 6) is 0. The molecule has 1 rings (SSSR count). The number of hydrogen-bond acceptors (Lipinski definition) is 0. The first-order chi connectivity index (χ1) is 3.93. The Hall–Kier alpha value is -0.0399. The molecule has 0 heterocycles. The summed E-state index contributed by atoms with van der Waals surface area (Å²) in [4.78, 5) is 0. The molecule has 0 radical (unpaired) electrons. The second kappa shape index (κ2) is 3.08. The van der Waals surface area contributed by atoms with Gasteiger partial charge >= 0.3 is 63.5 Å². The molecular weight excluding hydrogens is 263 g/mol. The van der Waals surface area contributed by atoms with E-state index in [9.17, 15) is 0 Å². The molecule has 0 spiro atoms. The van der Waals surface area contributed by atoms with Crippen LogP contribution in [0.3, 0.4) is 0 Å². The van der Waals surface area contributed by atoms with Gasteiger partial charge in [0.2, 0.25) is 0 Å². The van der Waals surface area contributed by atoms with E-state index in [4.69, 9.17) is 0 Å². The van der Waals surface area contributed by atoms with Gasteiger partial charge in [0.05, 0.1) is 0 Å². The summed E-state index contributed by atoms with van der Waals surface area (Å²) in [6, 6.07) is 10.4. The molecule has 0 nitrogen and oxygen atoms in total. The van der Waals surface area contributed by atoms with Crippen LogP contribution in [-0.2, 0) is 23.9 Å². The van der Waals surface area contributed by atoms with Gasteiger partial charge in [0.15, 0.2) is 0 Å².